The van der Waals surface area contributed by atoms with Gasteiger partial charge in [-0.2, -0.15) is 0 Å². The second kappa shape index (κ2) is 4.84. The van der Waals surface area contributed by atoms with Crippen LogP contribution in [0.25, 0.3) is 0 Å². The summed E-state index contributed by atoms with van der Waals surface area (Å²) in [6, 6.07) is 4.03. The molecule has 0 atom stereocenters. The predicted molar refractivity (Wildman–Crippen MR) is 61.4 cm³/mol. The molecule has 0 aliphatic heterocycles. The fraction of sp³-hybridized carbons (Fsp3) is 0.200. The number of aromatic hydroxyl groups is 1. The molecule has 0 unspecified atom stereocenters. The molecule has 0 aromatic heterocycles. The number of hydrogen-bond donors (Lipinski definition) is 2. The Morgan fingerprint density at radius 3 is 2.60 bits per heavy atom. The molecule has 80 valence electrons. The molecule has 5 heteroatoms. The maximum Gasteiger partial charge on any atom is 0.335 e. The van der Waals surface area contributed by atoms with E-state index >= 15 is 0 Å². The average molecular weight is 225 g/mol. The summed E-state index contributed by atoms with van der Waals surface area (Å²) in [7, 11) is 0. The number of carboxylic acid groups (broad SMARTS) is 1. The first-order chi connectivity index (χ1) is 7.02. The van der Waals surface area contributed by atoms with Crippen LogP contribution in [0.1, 0.15) is 17.3 Å². The van der Waals surface area contributed by atoms with Gasteiger partial charge < -0.3 is 10.2 Å². The number of phenolic OH excluding ortho intramolecular Hbond substituents is 1. The van der Waals surface area contributed by atoms with Gasteiger partial charge in [-0.05, 0) is 25.3 Å². The number of hydrogen-bond acceptors (Lipinski definition) is 4. The number of aromatic carboxylic acids is 1. The molecule has 0 saturated heterocycles. The fourth-order valence-electron chi connectivity index (χ4n) is 1.01. The van der Waals surface area contributed by atoms with Crippen molar-refractivity contribution in [1.29, 1.82) is 0 Å². The van der Waals surface area contributed by atoms with Gasteiger partial charge in [-0.3, -0.25) is 0 Å². The molecule has 2 N–H and O–H groups in total. The Morgan fingerprint density at radius 2 is 2.07 bits per heavy atom. The number of aliphatic imine (C=N–C) groups is 1. The highest BCUT2D eigenvalue weighted by Crippen LogP contribution is 2.23. The summed E-state index contributed by atoms with van der Waals surface area (Å²) >= 11 is 1.46. The second-order valence-electron chi connectivity index (χ2n) is 2.88. The van der Waals surface area contributed by atoms with Crippen molar-refractivity contribution >= 4 is 28.5 Å². The maximum atomic E-state index is 10.7. The van der Waals surface area contributed by atoms with E-state index in [-0.39, 0.29) is 11.3 Å². The topological polar surface area (TPSA) is 69.9 Å². The smallest absolute Gasteiger partial charge is 0.335 e. The zero-order chi connectivity index (χ0) is 11.4. The van der Waals surface area contributed by atoms with Gasteiger partial charge in [-0.15, -0.1) is 11.8 Å². The minimum atomic E-state index is -1.08. The minimum Gasteiger partial charge on any atom is -0.508 e. The summed E-state index contributed by atoms with van der Waals surface area (Å²) in [4.78, 5) is 14.8. The molecule has 0 saturated carbocycles. The third-order valence-corrected chi connectivity index (χ3v) is 2.41. The first-order valence-electron chi connectivity index (χ1n) is 4.19. The summed E-state index contributed by atoms with van der Waals surface area (Å²) in [6.07, 6.45) is 1.87. The molecule has 1 rings (SSSR count). The fourth-order valence-corrected chi connectivity index (χ4v) is 1.21. The molecule has 0 fully saturated rings. The molecule has 4 nitrogen and oxygen atoms in total. The Kier molecular flexibility index (Phi) is 3.74. The van der Waals surface area contributed by atoms with Crippen molar-refractivity contribution in [2.45, 2.75) is 6.92 Å². The van der Waals surface area contributed by atoms with Crippen LogP contribution < -0.4 is 0 Å². The number of phenols is 1. The largest absolute Gasteiger partial charge is 0.508 e. The van der Waals surface area contributed by atoms with Gasteiger partial charge in [-0.25, -0.2) is 9.79 Å². The lowest BCUT2D eigenvalue weighted by molar-refractivity contribution is 0.0696. The van der Waals surface area contributed by atoms with Crippen molar-refractivity contribution in [2.24, 2.45) is 4.99 Å². The van der Waals surface area contributed by atoms with Crippen LogP contribution in [-0.4, -0.2) is 27.5 Å². The molecule has 0 heterocycles. The van der Waals surface area contributed by atoms with Crippen LogP contribution in [0.2, 0.25) is 0 Å². The Hall–Kier alpha value is -1.49. The molecule has 1 aromatic rings. The van der Waals surface area contributed by atoms with Gasteiger partial charge in [0.1, 0.15) is 5.75 Å². The monoisotopic (exact) mass is 225 g/mol. The summed E-state index contributed by atoms with van der Waals surface area (Å²) in [5, 5.41) is 18.9. The van der Waals surface area contributed by atoms with Crippen LogP contribution in [0.3, 0.4) is 0 Å². The minimum absolute atomic E-state index is 0.0302. The zero-order valence-corrected chi connectivity index (χ0v) is 9.21. The van der Waals surface area contributed by atoms with Gasteiger partial charge in [0.2, 0.25) is 0 Å². The van der Waals surface area contributed by atoms with Crippen LogP contribution in [-0.2, 0) is 0 Å². The van der Waals surface area contributed by atoms with Crippen LogP contribution in [0.4, 0.5) is 5.69 Å². The lowest BCUT2D eigenvalue weighted by atomic mass is 10.2. The molecular weight excluding hydrogens is 214 g/mol. The number of benzene rings is 1. The van der Waals surface area contributed by atoms with E-state index in [0.29, 0.717) is 5.69 Å². The number of thioether (sulfide) groups is 1. The van der Waals surface area contributed by atoms with Crippen molar-refractivity contribution in [3.05, 3.63) is 23.8 Å². The average Bonchev–Trinajstić information content (AvgIpc) is 2.16. The van der Waals surface area contributed by atoms with E-state index in [1.807, 2.05) is 13.2 Å². The predicted octanol–water partition coefficient (Wildman–Crippen LogP) is 2.50. The highest BCUT2D eigenvalue weighted by atomic mass is 32.2. The Balaban J connectivity index is 3.15. The summed E-state index contributed by atoms with van der Waals surface area (Å²) in [5.41, 5.74) is 0.474. The van der Waals surface area contributed by atoms with Crippen LogP contribution >= 0.6 is 11.8 Å². The van der Waals surface area contributed by atoms with Gasteiger partial charge in [0.05, 0.1) is 16.3 Å². The van der Waals surface area contributed by atoms with E-state index in [4.69, 9.17) is 5.11 Å². The molecule has 0 radical (unpaired) electrons. The van der Waals surface area contributed by atoms with Gasteiger partial charge >= 0.3 is 5.97 Å². The Labute approximate surface area is 91.7 Å². The number of carboxylic acids is 1. The molecule has 0 aliphatic rings. The van der Waals surface area contributed by atoms with Crippen molar-refractivity contribution in [2.75, 3.05) is 6.26 Å². The quantitative estimate of drug-likeness (QED) is 0.599. The summed E-state index contributed by atoms with van der Waals surface area (Å²) in [5.74, 6) is -1.17. The molecule has 0 amide bonds. The van der Waals surface area contributed by atoms with Gasteiger partial charge in [0.25, 0.3) is 0 Å². The first-order valence-corrected chi connectivity index (χ1v) is 5.42. The van der Waals surface area contributed by atoms with Crippen LogP contribution in [0.5, 0.6) is 5.75 Å². The van der Waals surface area contributed by atoms with Crippen LogP contribution in [0.15, 0.2) is 23.2 Å². The Morgan fingerprint density at radius 1 is 1.40 bits per heavy atom. The lowest BCUT2D eigenvalue weighted by Crippen LogP contribution is -1.95. The third-order valence-electron chi connectivity index (χ3n) is 1.73. The molecule has 0 spiro atoms. The van der Waals surface area contributed by atoms with E-state index in [1.54, 1.807) is 0 Å². The normalized spacial score (nSPS) is 11.5. The van der Waals surface area contributed by atoms with E-state index in [1.165, 1.54) is 30.0 Å². The number of rotatable bonds is 2. The van der Waals surface area contributed by atoms with Crippen molar-refractivity contribution < 1.29 is 15.0 Å². The number of carbonyl (C=O) groups is 1. The summed E-state index contributed by atoms with van der Waals surface area (Å²) < 4.78 is 0. The van der Waals surface area contributed by atoms with Gasteiger partial charge in [0, 0.05) is 6.07 Å². The number of nitrogens with zero attached hydrogens (tertiary/aromatic N) is 1. The van der Waals surface area contributed by atoms with Crippen molar-refractivity contribution in [3.63, 3.8) is 0 Å². The molecule has 0 bridgehead atoms. The van der Waals surface area contributed by atoms with Crippen molar-refractivity contribution in [3.8, 4) is 5.75 Å². The standard InChI is InChI=1S/C10H11NO3S/c1-6(15-2)11-8-3-7(10(13)14)4-9(12)5-8/h3-5,12H,1-2H3,(H,13,14)/b11-6-. The molecule has 0 aliphatic carbocycles. The first kappa shape index (κ1) is 11.6. The van der Waals surface area contributed by atoms with Gasteiger partial charge in [0.15, 0.2) is 0 Å². The van der Waals surface area contributed by atoms with E-state index in [9.17, 15) is 9.90 Å². The lowest BCUT2D eigenvalue weighted by Gasteiger charge is -2.00. The SMILES string of the molecule is CS/C(C)=N\c1cc(O)cc(C(=O)O)c1. The molecule has 1 aromatic carbocycles. The van der Waals surface area contributed by atoms with E-state index < -0.39 is 5.97 Å². The highest BCUT2D eigenvalue weighted by Gasteiger charge is 2.06. The molecule has 15 heavy (non-hydrogen) atoms. The van der Waals surface area contributed by atoms with E-state index in [2.05, 4.69) is 4.99 Å². The second-order valence-corrected chi connectivity index (χ2v) is 3.88. The maximum absolute atomic E-state index is 10.7. The highest BCUT2D eigenvalue weighted by molar-refractivity contribution is 8.13. The van der Waals surface area contributed by atoms with Crippen molar-refractivity contribution in [1.82, 2.24) is 0 Å². The zero-order valence-electron chi connectivity index (χ0n) is 8.39. The Bertz CT molecular complexity index is 415. The van der Waals surface area contributed by atoms with Gasteiger partial charge in [-0.1, -0.05) is 0 Å². The third kappa shape index (κ3) is 3.28. The molecular formula is C10H11NO3S. The summed E-state index contributed by atoms with van der Waals surface area (Å²) in [6.45, 7) is 1.81. The van der Waals surface area contributed by atoms with Crippen LogP contribution in [0, 0.1) is 0 Å². The van der Waals surface area contributed by atoms with E-state index in [0.717, 1.165) is 5.04 Å².